The van der Waals surface area contributed by atoms with Crippen LogP contribution in [0.4, 0.5) is 10.3 Å². The van der Waals surface area contributed by atoms with E-state index >= 15 is 0 Å². The van der Waals surface area contributed by atoms with Crippen molar-refractivity contribution in [2.24, 2.45) is 5.92 Å². The number of rotatable bonds is 2. The zero-order valence-electron chi connectivity index (χ0n) is 10.7. The van der Waals surface area contributed by atoms with Gasteiger partial charge in [0.25, 0.3) is 0 Å². The molecule has 0 bridgehead atoms. The van der Waals surface area contributed by atoms with Crippen LogP contribution in [0.5, 0.6) is 0 Å². The molecule has 1 atom stereocenters. The lowest BCUT2D eigenvalue weighted by Crippen LogP contribution is -2.17. The van der Waals surface area contributed by atoms with Crippen molar-refractivity contribution in [1.29, 1.82) is 0 Å². The summed E-state index contributed by atoms with van der Waals surface area (Å²) in [6.07, 6.45) is 1.16. The van der Waals surface area contributed by atoms with Crippen LogP contribution < -0.4 is 5.73 Å². The maximum atomic E-state index is 13.5. The SMILES string of the molecule is CN1CCC(Cn2c(N)nc3cc(F)c(Br)cc32)C1. The molecular formula is C13H16BrFN4. The quantitative estimate of drug-likeness (QED) is 0.922. The number of hydrogen-bond donors (Lipinski definition) is 1. The van der Waals surface area contributed by atoms with Crippen molar-refractivity contribution in [2.75, 3.05) is 25.9 Å². The fourth-order valence-electron chi connectivity index (χ4n) is 2.76. The van der Waals surface area contributed by atoms with Crippen LogP contribution in [0, 0.1) is 11.7 Å². The molecule has 1 aromatic heterocycles. The summed E-state index contributed by atoms with van der Waals surface area (Å²) < 4.78 is 15.9. The van der Waals surface area contributed by atoms with Crippen molar-refractivity contribution in [2.45, 2.75) is 13.0 Å². The Morgan fingerprint density at radius 1 is 1.53 bits per heavy atom. The first-order valence-corrected chi connectivity index (χ1v) is 7.13. The van der Waals surface area contributed by atoms with Gasteiger partial charge in [-0.3, -0.25) is 0 Å². The Kier molecular flexibility index (Phi) is 3.22. The summed E-state index contributed by atoms with van der Waals surface area (Å²) in [4.78, 5) is 6.56. The standard InChI is InChI=1S/C13H16BrFN4/c1-18-3-2-8(6-18)7-19-12-4-9(14)10(15)5-11(12)17-13(19)16/h4-5,8H,2-3,6-7H2,1H3,(H2,16,17). The minimum absolute atomic E-state index is 0.308. The molecule has 1 aromatic carbocycles. The Labute approximate surface area is 119 Å². The lowest BCUT2D eigenvalue weighted by molar-refractivity contribution is 0.380. The van der Waals surface area contributed by atoms with E-state index in [0.29, 0.717) is 21.9 Å². The van der Waals surface area contributed by atoms with E-state index in [-0.39, 0.29) is 5.82 Å². The number of anilines is 1. The van der Waals surface area contributed by atoms with E-state index in [0.717, 1.165) is 31.6 Å². The van der Waals surface area contributed by atoms with Gasteiger partial charge in [0.15, 0.2) is 0 Å². The Bertz CT molecular complexity index is 625. The van der Waals surface area contributed by atoms with Crippen LogP contribution in [0.2, 0.25) is 0 Å². The van der Waals surface area contributed by atoms with E-state index in [1.54, 1.807) is 6.07 Å². The number of benzene rings is 1. The second kappa shape index (κ2) is 4.76. The third kappa shape index (κ3) is 2.34. The van der Waals surface area contributed by atoms with E-state index < -0.39 is 0 Å². The number of nitrogens with two attached hydrogens (primary N) is 1. The Morgan fingerprint density at radius 3 is 3.00 bits per heavy atom. The number of likely N-dealkylation sites (tertiary alicyclic amines) is 1. The summed E-state index contributed by atoms with van der Waals surface area (Å²) in [6.45, 7) is 3.03. The van der Waals surface area contributed by atoms with Crippen LogP contribution >= 0.6 is 15.9 Å². The first-order chi connectivity index (χ1) is 9.04. The molecule has 102 valence electrons. The predicted molar refractivity (Wildman–Crippen MR) is 77.4 cm³/mol. The lowest BCUT2D eigenvalue weighted by atomic mass is 10.1. The zero-order chi connectivity index (χ0) is 13.6. The molecule has 1 aliphatic rings. The van der Waals surface area contributed by atoms with Gasteiger partial charge in [-0.25, -0.2) is 9.37 Å². The average Bonchev–Trinajstić information content (AvgIpc) is 2.87. The smallest absolute Gasteiger partial charge is 0.201 e. The fourth-order valence-corrected chi connectivity index (χ4v) is 3.10. The molecule has 0 aliphatic carbocycles. The Morgan fingerprint density at radius 2 is 2.32 bits per heavy atom. The largest absolute Gasteiger partial charge is 0.369 e. The second-order valence-corrected chi connectivity index (χ2v) is 6.11. The van der Waals surface area contributed by atoms with Crippen molar-refractivity contribution in [3.05, 3.63) is 22.4 Å². The lowest BCUT2D eigenvalue weighted by Gasteiger charge is -2.13. The van der Waals surface area contributed by atoms with Crippen molar-refractivity contribution < 1.29 is 4.39 Å². The molecule has 1 aliphatic heterocycles. The molecule has 2 aromatic rings. The normalized spacial score (nSPS) is 20.5. The van der Waals surface area contributed by atoms with Crippen molar-refractivity contribution in [3.63, 3.8) is 0 Å². The summed E-state index contributed by atoms with van der Waals surface area (Å²) in [5, 5.41) is 0. The molecule has 19 heavy (non-hydrogen) atoms. The third-order valence-electron chi connectivity index (χ3n) is 3.75. The zero-order valence-corrected chi connectivity index (χ0v) is 12.3. The summed E-state index contributed by atoms with van der Waals surface area (Å²) in [5.74, 6) is 0.730. The highest BCUT2D eigenvalue weighted by Crippen LogP contribution is 2.27. The molecule has 2 N–H and O–H groups in total. The number of nitrogens with zero attached hydrogens (tertiary/aromatic N) is 3. The average molecular weight is 327 g/mol. The molecule has 0 amide bonds. The van der Waals surface area contributed by atoms with Gasteiger partial charge in [-0.2, -0.15) is 0 Å². The summed E-state index contributed by atoms with van der Waals surface area (Å²) in [5.41, 5.74) is 7.47. The molecule has 0 spiro atoms. The van der Waals surface area contributed by atoms with Gasteiger partial charge in [-0.1, -0.05) is 0 Å². The Balaban J connectivity index is 1.98. The van der Waals surface area contributed by atoms with Gasteiger partial charge in [-0.05, 0) is 47.9 Å². The van der Waals surface area contributed by atoms with E-state index in [4.69, 9.17) is 5.73 Å². The highest BCUT2D eigenvalue weighted by Gasteiger charge is 2.22. The van der Waals surface area contributed by atoms with Crippen LogP contribution in [-0.2, 0) is 6.54 Å². The summed E-state index contributed by atoms with van der Waals surface area (Å²) in [7, 11) is 2.13. The molecule has 1 fully saturated rings. The number of imidazole rings is 1. The predicted octanol–water partition coefficient (Wildman–Crippen LogP) is 2.47. The molecule has 1 saturated heterocycles. The number of aromatic nitrogens is 2. The summed E-state index contributed by atoms with van der Waals surface area (Å²) in [6, 6.07) is 3.18. The van der Waals surface area contributed by atoms with Crippen LogP contribution in [0.3, 0.4) is 0 Å². The van der Waals surface area contributed by atoms with Gasteiger partial charge >= 0.3 is 0 Å². The van der Waals surface area contributed by atoms with Gasteiger partial charge in [0, 0.05) is 19.2 Å². The highest BCUT2D eigenvalue weighted by atomic mass is 79.9. The van der Waals surface area contributed by atoms with E-state index in [2.05, 4.69) is 32.9 Å². The third-order valence-corrected chi connectivity index (χ3v) is 4.36. The van der Waals surface area contributed by atoms with E-state index in [1.807, 2.05) is 4.57 Å². The number of halogens is 2. The van der Waals surface area contributed by atoms with Crippen LogP contribution in [0.1, 0.15) is 6.42 Å². The Hall–Kier alpha value is -1.14. The first kappa shape index (κ1) is 12.9. The van der Waals surface area contributed by atoms with Gasteiger partial charge in [0.05, 0.1) is 15.5 Å². The van der Waals surface area contributed by atoms with Gasteiger partial charge in [-0.15, -0.1) is 0 Å². The molecule has 1 unspecified atom stereocenters. The van der Waals surface area contributed by atoms with Crippen molar-refractivity contribution in [1.82, 2.24) is 14.5 Å². The molecule has 4 nitrogen and oxygen atoms in total. The topological polar surface area (TPSA) is 47.1 Å². The summed E-state index contributed by atoms with van der Waals surface area (Å²) >= 11 is 3.22. The van der Waals surface area contributed by atoms with Crippen LogP contribution in [-0.4, -0.2) is 34.6 Å². The fraction of sp³-hybridized carbons (Fsp3) is 0.462. The monoisotopic (exact) mass is 326 g/mol. The van der Waals surface area contributed by atoms with Gasteiger partial charge in [0.2, 0.25) is 5.95 Å². The van der Waals surface area contributed by atoms with Crippen LogP contribution in [0.25, 0.3) is 11.0 Å². The maximum absolute atomic E-state index is 13.5. The molecule has 0 saturated carbocycles. The molecular weight excluding hydrogens is 311 g/mol. The van der Waals surface area contributed by atoms with Gasteiger partial charge < -0.3 is 15.2 Å². The molecule has 2 heterocycles. The van der Waals surface area contributed by atoms with Crippen molar-refractivity contribution in [3.8, 4) is 0 Å². The van der Waals surface area contributed by atoms with Crippen molar-refractivity contribution >= 4 is 32.9 Å². The minimum atomic E-state index is -0.308. The first-order valence-electron chi connectivity index (χ1n) is 6.34. The van der Waals surface area contributed by atoms with Gasteiger partial charge in [0.1, 0.15) is 5.82 Å². The number of nitrogen functional groups attached to an aromatic ring is 1. The van der Waals surface area contributed by atoms with E-state index in [9.17, 15) is 4.39 Å². The number of fused-ring (bicyclic) bond motifs is 1. The molecule has 6 heteroatoms. The second-order valence-electron chi connectivity index (χ2n) is 5.25. The maximum Gasteiger partial charge on any atom is 0.201 e. The molecule has 0 radical (unpaired) electrons. The minimum Gasteiger partial charge on any atom is -0.369 e. The highest BCUT2D eigenvalue weighted by molar-refractivity contribution is 9.10. The van der Waals surface area contributed by atoms with E-state index in [1.165, 1.54) is 6.07 Å². The number of hydrogen-bond acceptors (Lipinski definition) is 3. The molecule has 3 rings (SSSR count). The van der Waals surface area contributed by atoms with Crippen LogP contribution in [0.15, 0.2) is 16.6 Å².